The summed E-state index contributed by atoms with van der Waals surface area (Å²) >= 11 is 3.14. The Hall–Kier alpha value is -2.48. The van der Waals surface area contributed by atoms with Gasteiger partial charge in [0.1, 0.15) is 17.1 Å². The molecular formula is C13H7BrFNO5. The molecule has 0 bridgehead atoms. The second-order valence-electron chi connectivity index (χ2n) is 3.92. The van der Waals surface area contributed by atoms with Gasteiger partial charge in [0.25, 0.3) is 0 Å². The maximum atomic E-state index is 13.1. The number of nitro benzene ring substituents is 1. The summed E-state index contributed by atoms with van der Waals surface area (Å²) in [6.07, 6.45) is 0. The van der Waals surface area contributed by atoms with Crippen molar-refractivity contribution >= 4 is 27.6 Å². The largest absolute Gasteiger partial charge is 0.478 e. The zero-order chi connectivity index (χ0) is 15.6. The van der Waals surface area contributed by atoms with E-state index in [0.717, 1.165) is 18.2 Å². The van der Waals surface area contributed by atoms with Crippen LogP contribution in [0.4, 0.5) is 10.1 Å². The number of hydrogen-bond donors (Lipinski definition) is 1. The lowest BCUT2D eigenvalue weighted by Gasteiger charge is -2.09. The first kappa shape index (κ1) is 14.9. The van der Waals surface area contributed by atoms with Crippen molar-refractivity contribution in [2.75, 3.05) is 0 Å². The summed E-state index contributed by atoms with van der Waals surface area (Å²) in [4.78, 5) is 21.3. The molecule has 2 aromatic rings. The molecule has 0 saturated carbocycles. The highest BCUT2D eigenvalue weighted by Crippen LogP contribution is 2.35. The number of carbonyl (C=O) groups is 1. The van der Waals surface area contributed by atoms with Crippen LogP contribution in [0.15, 0.2) is 40.9 Å². The molecule has 2 aromatic carbocycles. The number of nitro groups is 1. The molecule has 1 N–H and O–H groups in total. The molecule has 0 atom stereocenters. The van der Waals surface area contributed by atoms with Gasteiger partial charge in [-0.05, 0) is 24.3 Å². The van der Waals surface area contributed by atoms with Crippen molar-refractivity contribution in [2.24, 2.45) is 0 Å². The lowest BCUT2D eigenvalue weighted by atomic mass is 10.2. The van der Waals surface area contributed by atoms with Crippen molar-refractivity contribution in [3.05, 3.63) is 62.4 Å². The normalized spacial score (nSPS) is 10.2. The van der Waals surface area contributed by atoms with Crippen LogP contribution in [-0.4, -0.2) is 16.0 Å². The molecule has 6 nitrogen and oxygen atoms in total. The Morgan fingerprint density at radius 1 is 1.24 bits per heavy atom. The lowest BCUT2D eigenvalue weighted by Crippen LogP contribution is -2.02. The van der Waals surface area contributed by atoms with Gasteiger partial charge in [0, 0.05) is 16.6 Å². The van der Waals surface area contributed by atoms with E-state index >= 15 is 0 Å². The van der Waals surface area contributed by atoms with E-state index in [0.29, 0.717) is 4.47 Å². The van der Waals surface area contributed by atoms with E-state index in [1.807, 2.05) is 0 Å². The Morgan fingerprint density at radius 2 is 1.95 bits per heavy atom. The van der Waals surface area contributed by atoms with Gasteiger partial charge < -0.3 is 9.84 Å². The van der Waals surface area contributed by atoms with Gasteiger partial charge >= 0.3 is 11.7 Å². The minimum absolute atomic E-state index is 0.150. The highest BCUT2D eigenvalue weighted by atomic mass is 79.9. The number of ether oxygens (including phenoxy) is 1. The van der Waals surface area contributed by atoms with Gasteiger partial charge in [-0.25, -0.2) is 9.18 Å². The molecule has 0 aliphatic heterocycles. The molecule has 108 valence electrons. The Bertz CT molecular complexity index is 734. The van der Waals surface area contributed by atoms with Crippen LogP contribution in [0, 0.1) is 15.9 Å². The number of benzene rings is 2. The first-order valence-corrected chi connectivity index (χ1v) is 6.32. The lowest BCUT2D eigenvalue weighted by molar-refractivity contribution is -0.385. The summed E-state index contributed by atoms with van der Waals surface area (Å²) in [5.41, 5.74) is -0.761. The van der Waals surface area contributed by atoms with Crippen molar-refractivity contribution in [1.82, 2.24) is 0 Å². The molecule has 21 heavy (non-hydrogen) atoms. The van der Waals surface area contributed by atoms with Gasteiger partial charge in [-0.1, -0.05) is 15.9 Å². The van der Waals surface area contributed by atoms with Crippen molar-refractivity contribution < 1.29 is 24.0 Å². The molecule has 0 saturated heterocycles. The topological polar surface area (TPSA) is 89.7 Å². The van der Waals surface area contributed by atoms with Gasteiger partial charge in [0.2, 0.25) is 5.75 Å². The number of halogens is 2. The molecule has 0 spiro atoms. The summed E-state index contributed by atoms with van der Waals surface area (Å²) in [5, 5.41) is 19.9. The first-order chi connectivity index (χ1) is 9.88. The summed E-state index contributed by atoms with van der Waals surface area (Å²) in [5.74, 6) is -2.49. The highest BCUT2D eigenvalue weighted by molar-refractivity contribution is 9.10. The number of aromatic carboxylic acids is 1. The van der Waals surface area contributed by atoms with Crippen LogP contribution >= 0.6 is 15.9 Å². The zero-order valence-corrected chi connectivity index (χ0v) is 11.8. The molecule has 0 unspecified atom stereocenters. The van der Waals surface area contributed by atoms with E-state index in [-0.39, 0.29) is 17.2 Å². The number of hydrogen-bond acceptors (Lipinski definition) is 4. The third kappa shape index (κ3) is 3.34. The van der Waals surface area contributed by atoms with E-state index < -0.39 is 22.3 Å². The summed E-state index contributed by atoms with van der Waals surface area (Å²) in [6.45, 7) is 0. The number of carboxylic acid groups (broad SMARTS) is 1. The molecule has 0 heterocycles. The van der Waals surface area contributed by atoms with E-state index in [9.17, 15) is 19.3 Å². The van der Waals surface area contributed by atoms with Crippen LogP contribution in [0.2, 0.25) is 0 Å². The average Bonchev–Trinajstić information content (AvgIpc) is 2.40. The second-order valence-corrected chi connectivity index (χ2v) is 4.83. The predicted molar refractivity (Wildman–Crippen MR) is 74.2 cm³/mol. The number of nitrogens with zero attached hydrogens (tertiary/aromatic N) is 1. The van der Waals surface area contributed by atoms with Crippen molar-refractivity contribution in [1.29, 1.82) is 0 Å². The molecule has 0 aromatic heterocycles. The third-order valence-electron chi connectivity index (χ3n) is 2.51. The molecule has 2 rings (SSSR count). The van der Waals surface area contributed by atoms with E-state index in [2.05, 4.69) is 15.9 Å². The van der Waals surface area contributed by atoms with Gasteiger partial charge in [0.15, 0.2) is 0 Å². The summed E-state index contributed by atoms with van der Waals surface area (Å²) < 4.78 is 18.9. The van der Waals surface area contributed by atoms with Crippen LogP contribution in [0.3, 0.4) is 0 Å². The SMILES string of the molecule is O=C(O)c1cc(F)ccc1Oc1cc(Br)ccc1[N+](=O)[O-]. The minimum Gasteiger partial charge on any atom is -0.478 e. The zero-order valence-electron chi connectivity index (χ0n) is 10.2. The molecule has 0 aliphatic carbocycles. The van der Waals surface area contributed by atoms with Crippen molar-refractivity contribution in [3.63, 3.8) is 0 Å². The molecule has 0 aliphatic rings. The minimum atomic E-state index is -1.40. The van der Waals surface area contributed by atoms with Crippen LogP contribution < -0.4 is 4.74 Å². The van der Waals surface area contributed by atoms with E-state index in [4.69, 9.17) is 9.84 Å². The van der Waals surface area contributed by atoms with Gasteiger partial charge in [-0.3, -0.25) is 10.1 Å². The number of carboxylic acids is 1. The fraction of sp³-hybridized carbons (Fsp3) is 0. The predicted octanol–water partition coefficient (Wildman–Crippen LogP) is 3.99. The second kappa shape index (κ2) is 5.88. The van der Waals surface area contributed by atoms with Crippen LogP contribution in [-0.2, 0) is 0 Å². The third-order valence-corrected chi connectivity index (χ3v) is 3.00. The summed E-state index contributed by atoms with van der Waals surface area (Å²) in [6, 6.07) is 6.88. The molecule has 8 heteroatoms. The molecule has 0 radical (unpaired) electrons. The van der Waals surface area contributed by atoms with E-state index in [1.165, 1.54) is 18.2 Å². The average molecular weight is 356 g/mol. The smallest absolute Gasteiger partial charge is 0.339 e. The van der Waals surface area contributed by atoms with Gasteiger partial charge in [0.05, 0.1) is 4.92 Å². The quantitative estimate of drug-likeness (QED) is 0.661. The Morgan fingerprint density at radius 3 is 2.57 bits per heavy atom. The van der Waals surface area contributed by atoms with Crippen molar-refractivity contribution in [2.45, 2.75) is 0 Å². The first-order valence-electron chi connectivity index (χ1n) is 5.53. The van der Waals surface area contributed by atoms with Gasteiger partial charge in [-0.2, -0.15) is 0 Å². The Kier molecular flexibility index (Phi) is 4.18. The molecular weight excluding hydrogens is 349 g/mol. The molecule has 0 fully saturated rings. The maximum Gasteiger partial charge on any atom is 0.339 e. The Balaban J connectivity index is 2.50. The summed E-state index contributed by atoms with van der Waals surface area (Å²) in [7, 11) is 0. The highest BCUT2D eigenvalue weighted by Gasteiger charge is 2.19. The fourth-order valence-corrected chi connectivity index (χ4v) is 1.94. The number of rotatable bonds is 4. The Labute approximate surface area is 126 Å². The fourth-order valence-electron chi connectivity index (χ4n) is 1.60. The van der Waals surface area contributed by atoms with Crippen LogP contribution in [0.5, 0.6) is 11.5 Å². The van der Waals surface area contributed by atoms with E-state index in [1.54, 1.807) is 0 Å². The van der Waals surface area contributed by atoms with Crippen LogP contribution in [0.1, 0.15) is 10.4 Å². The molecule has 0 amide bonds. The van der Waals surface area contributed by atoms with Crippen molar-refractivity contribution in [3.8, 4) is 11.5 Å². The maximum absolute atomic E-state index is 13.1. The van der Waals surface area contributed by atoms with Gasteiger partial charge in [-0.15, -0.1) is 0 Å². The monoisotopic (exact) mass is 355 g/mol. The standard InChI is InChI=1S/C13H7BrFNO5/c14-7-1-3-10(16(19)20)12(5-7)21-11-4-2-8(15)6-9(11)13(17)18/h1-6H,(H,17,18). The van der Waals surface area contributed by atoms with Crippen LogP contribution in [0.25, 0.3) is 0 Å².